The number of sulfone groups is 1. The number of carbonyl (C=O) groups is 1. The molecule has 1 amide bonds. The summed E-state index contributed by atoms with van der Waals surface area (Å²) in [6.45, 7) is 3.49. The Morgan fingerprint density at radius 3 is 2.67 bits per heavy atom. The quantitative estimate of drug-likeness (QED) is 0.810. The molecule has 124 valence electrons. The van der Waals surface area contributed by atoms with Crippen LogP contribution in [0.2, 0.25) is 0 Å². The average Bonchev–Trinajstić information content (AvgIpc) is 2.75. The Bertz CT molecular complexity index is 458. The highest BCUT2D eigenvalue weighted by molar-refractivity contribution is 8.02. The standard InChI is InChI=1S/C13H24N2O3S2.ClH/c1-10-2-4-15(11(6-10)7-14)13(16)8-19-12-3-5-20(17,18)9-12;/h10-12H,2-9,14H2,1H3;1H. The van der Waals surface area contributed by atoms with E-state index in [1.54, 1.807) is 0 Å². The van der Waals surface area contributed by atoms with Gasteiger partial charge >= 0.3 is 0 Å². The highest BCUT2D eigenvalue weighted by Gasteiger charge is 2.31. The van der Waals surface area contributed by atoms with Crippen LogP contribution in [0.3, 0.4) is 0 Å². The summed E-state index contributed by atoms with van der Waals surface area (Å²) >= 11 is 1.49. The molecule has 0 aromatic rings. The zero-order chi connectivity index (χ0) is 14.8. The molecule has 21 heavy (non-hydrogen) atoms. The minimum Gasteiger partial charge on any atom is -0.338 e. The summed E-state index contributed by atoms with van der Waals surface area (Å²) in [5, 5.41) is 0.0870. The largest absolute Gasteiger partial charge is 0.338 e. The predicted molar refractivity (Wildman–Crippen MR) is 89.7 cm³/mol. The van der Waals surface area contributed by atoms with Crippen molar-refractivity contribution >= 4 is 39.9 Å². The number of hydrogen-bond donors (Lipinski definition) is 1. The van der Waals surface area contributed by atoms with Crippen molar-refractivity contribution in [2.45, 2.75) is 37.5 Å². The molecule has 2 fully saturated rings. The third kappa shape index (κ3) is 5.30. The summed E-state index contributed by atoms with van der Waals surface area (Å²) in [5.74, 6) is 1.61. The Labute approximate surface area is 137 Å². The fraction of sp³-hybridized carbons (Fsp3) is 0.923. The Kier molecular flexibility index (Phi) is 7.30. The SMILES string of the molecule is CC1CCN(C(=O)CSC2CCS(=O)(=O)C2)C(CN)C1.Cl. The number of halogens is 1. The summed E-state index contributed by atoms with van der Waals surface area (Å²) in [5.41, 5.74) is 5.77. The molecular formula is C13H25ClN2O3S2. The van der Waals surface area contributed by atoms with Gasteiger partial charge in [-0.25, -0.2) is 8.42 Å². The Morgan fingerprint density at radius 1 is 1.38 bits per heavy atom. The molecule has 2 N–H and O–H groups in total. The second-order valence-electron chi connectivity index (χ2n) is 5.94. The number of nitrogens with zero attached hydrogens (tertiary/aromatic N) is 1. The highest BCUT2D eigenvalue weighted by atomic mass is 35.5. The number of hydrogen-bond acceptors (Lipinski definition) is 5. The number of rotatable bonds is 4. The Balaban J connectivity index is 0.00000220. The number of nitrogens with two attached hydrogens (primary N) is 1. The highest BCUT2D eigenvalue weighted by Crippen LogP contribution is 2.26. The topological polar surface area (TPSA) is 80.5 Å². The van der Waals surface area contributed by atoms with Crippen molar-refractivity contribution in [3.8, 4) is 0 Å². The van der Waals surface area contributed by atoms with E-state index in [1.807, 2.05) is 4.90 Å². The molecule has 2 heterocycles. The van der Waals surface area contributed by atoms with Gasteiger partial charge in [-0.3, -0.25) is 4.79 Å². The van der Waals surface area contributed by atoms with Crippen LogP contribution in [0.25, 0.3) is 0 Å². The number of carbonyl (C=O) groups excluding carboxylic acids is 1. The smallest absolute Gasteiger partial charge is 0.232 e. The summed E-state index contributed by atoms with van der Waals surface area (Å²) in [6, 6.07) is 0.152. The average molecular weight is 357 g/mol. The van der Waals surface area contributed by atoms with Crippen LogP contribution in [0.15, 0.2) is 0 Å². The van der Waals surface area contributed by atoms with Crippen molar-refractivity contribution in [1.82, 2.24) is 4.90 Å². The predicted octanol–water partition coefficient (Wildman–Crippen LogP) is 0.914. The van der Waals surface area contributed by atoms with Gasteiger partial charge in [-0.2, -0.15) is 0 Å². The number of likely N-dealkylation sites (tertiary alicyclic amines) is 1. The first-order valence-electron chi connectivity index (χ1n) is 7.23. The summed E-state index contributed by atoms with van der Waals surface area (Å²) in [6.07, 6.45) is 2.69. The van der Waals surface area contributed by atoms with Crippen LogP contribution in [0.1, 0.15) is 26.2 Å². The van der Waals surface area contributed by atoms with E-state index in [4.69, 9.17) is 5.73 Å². The van der Waals surface area contributed by atoms with Crippen molar-refractivity contribution in [3.05, 3.63) is 0 Å². The molecule has 0 aromatic heterocycles. The summed E-state index contributed by atoms with van der Waals surface area (Å²) in [7, 11) is -2.86. The van der Waals surface area contributed by atoms with Crippen molar-refractivity contribution in [2.75, 3.05) is 30.3 Å². The van der Waals surface area contributed by atoms with Crippen molar-refractivity contribution in [2.24, 2.45) is 11.7 Å². The lowest BCUT2D eigenvalue weighted by Gasteiger charge is -2.38. The van der Waals surface area contributed by atoms with Gasteiger partial charge in [0.2, 0.25) is 5.91 Å². The third-order valence-corrected chi connectivity index (χ3v) is 7.47. The molecule has 3 atom stereocenters. The first kappa shape index (κ1) is 19.1. The van der Waals surface area contributed by atoms with E-state index in [-0.39, 0.29) is 41.1 Å². The summed E-state index contributed by atoms with van der Waals surface area (Å²) < 4.78 is 22.8. The van der Waals surface area contributed by atoms with E-state index in [0.29, 0.717) is 24.6 Å². The first-order valence-corrected chi connectivity index (χ1v) is 10.1. The van der Waals surface area contributed by atoms with Crippen LogP contribution in [0.4, 0.5) is 0 Å². The van der Waals surface area contributed by atoms with E-state index >= 15 is 0 Å². The molecule has 2 saturated heterocycles. The van der Waals surface area contributed by atoms with Gasteiger partial charge in [0.1, 0.15) is 0 Å². The van der Waals surface area contributed by atoms with Crippen LogP contribution in [-0.2, 0) is 14.6 Å². The molecule has 8 heteroatoms. The fourth-order valence-corrected chi connectivity index (χ4v) is 6.50. The lowest BCUT2D eigenvalue weighted by Crippen LogP contribution is -2.50. The lowest BCUT2D eigenvalue weighted by atomic mass is 9.92. The van der Waals surface area contributed by atoms with Crippen molar-refractivity contribution < 1.29 is 13.2 Å². The summed E-state index contributed by atoms with van der Waals surface area (Å²) in [4.78, 5) is 14.2. The van der Waals surface area contributed by atoms with Crippen molar-refractivity contribution in [3.63, 3.8) is 0 Å². The van der Waals surface area contributed by atoms with Gasteiger partial charge in [0.05, 0.1) is 17.3 Å². The molecule has 0 aromatic carbocycles. The molecule has 2 aliphatic rings. The third-order valence-electron chi connectivity index (χ3n) is 4.20. The van der Waals surface area contributed by atoms with Gasteiger partial charge in [-0.15, -0.1) is 24.2 Å². The lowest BCUT2D eigenvalue weighted by molar-refractivity contribution is -0.132. The molecule has 5 nitrogen and oxygen atoms in total. The first-order chi connectivity index (χ1) is 9.41. The van der Waals surface area contributed by atoms with Gasteiger partial charge < -0.3 is 10.6 Å². The van der Waals surface area contributed by atoms with Crippen LogP contribution >= 0.6 is 24.2 Å². The minimum atomic E-state index is -2.86. The van der Waals surface area contributed by atoms with Crippen LogP contribution in [-0.4, -0.2) is 60.9 Å². The molecule has 3 unspecified atom stereocenters. The van der Waals surface area contributed by atoms with E-state index in [2.05, 4.69) is 6.92 Å². The Hall–Kier alpha value is 0.0200. The number of thioether (sulfide) groups is 1. The van der Waals surface area contributed by atoms with E-state index in [9.17, 15) is 13.2 Å². The zero-order valence-corrected chi connectivity index (χ0v) is 14.8. The second kappa shape index (κ2) is 8.04. The van der Waals surface area contributed by atoms with Gasteiger partial charge in [0.15, 0.2) is 9.84 Å². The zero-order valence-electron chi connectivity index (χ0n) is 12.4. The van der Waals surface area contributed by atoms with Gasteiger partial charge in [0.25, 0.3) is 0 Å². The van der Waals surface area contributed by atoms with E-state index in [0.717, 1.165) is 19.4 Å². The molecule has 0 radical (unpaired) electrons. The molecule has 0 saturated carbocycles. The van der Waals surface area contributed by atoms with Crippen LogP contribution in [0.5, 0.6) is 0 Å². The fourth-order valence-electron chi connectivity index (χ4n) is 2.97. The molecular weight excluding hydrogens is 332 g/mol. The Morgan fingerprint density at radius 2 is 2.10 bits per heavy atom. The monoisotopic (exact) mass is 356 g/mol. The maximum absolute atomic E-state index is 12.3. The van der Waals surface area contributed by atoms with Gasteiger partial charge in [0, 0.05) is 24.4 Å². The normalized spacial score (nSPS) is 31.7. The maximum Gasteiger partial charge on any atom is 0.232 e. The molecule has 2 aliphatic heterocycles. The van der Waals surface area contributed by atoms with Crippen molar-refractivity contribution in [1.29, 1.82) is 0 Å². The van der Waals surface area contributed by atoms with Crippen LogP contribution in [0, 0.1) is 5.92 Å². The van der Waals surface area contributed by atoms with E-state index in [1.165, 1.54) is 11.8 Å². The molecule has 2 rings (SSSR count). The maximum atomic E-state index is 12.3. The second-order valence-corrected chi connectivity index (χ2v) is 9.46. The van der Waals surface area contributed by atoms with Crippen LogP contribution < -0.4 is 5.73 Å². The van der Waals surface area contributed by atoms with Gasteiger partial charge in [-0.1, -0.05) is 6.92 Å². The van der Waals surface area contributed by atoms with Gasteiger partial charge in [-0.05, 0) is 25.2 Å². The molecule has 0 spiro atoms. The number of piperidine rings is 1. The number of amides is 1. The molecule has 0 aliphatic carbocycles. The molecule has 0 bridgehead atoms. The van der Waals surface area contributed by atoms with E-state index < -0.39 is 9.84 Å². The minimum absolute atomic E-state index is 0.